The number of rotatable bonds is 15. The van der Waals surface area contributed by atoms with Crippen molar-refractivity contribution in [3.63, 3.8) is 0 Å². The minimum atomic E-state index is -4.31. The largest absolute Gasteiger partial charge is 0.457 e. The van der Waals surface area contributed by atoms with Crippen molar-refractivity contribution in [2.45, 2.75) is 63.8 Å². The fourth-order valence-corrected chi connectivity index (χ4v) is 4.86. The highest BCUT2D eigenvalue weighted by atomic mass is 32.2. The van der Waals surface area contributed by atoms with Crippen LogP contribution in [-0.4, -0.2) is 12.1 Å². The summed E-state index contributed by atoms with van der Waals surface area (Å²) in [6.45, 7) is 16.1. The molecule has 0 heterocycles. The monoisotopic (exact) mass is 618 g/mol. The molecule has 3 aromatic rings. The van der Waals surface area contributed by atoms with Crippen molar-refractivity contribution in [1.82, 2.24) is 4.13 Å². The average molecular weight is 619 g/mol. The van der Waals surface area contributed by atoms with Gasteiger partial charge in [-0.2, -0.15) is 17.3 Å². The van der Waals surface area contributed by atoms with E-state index >= 15 is 0 Å². The lowest BCUT2D eigenvalue weighted by Gasteiger charge is -2.18. The van der Waals surface area contributed by atoms with Gasteiger partial charge in [0.05, 0.1) is 0 Å². The molecule has 0 aromatic heterocycles. The van der Waals surface area contributed by atoms with E-state index in [2.05, 4.69) is 59.2 Å². The summed E-state index contributed by atoms with van der Waals surface area (Å²) in [7, 11) is 0. The second kappa shape index (κ2) is 21.7. The maximum atomic E-state index is 12.3. The molecular weight excluding hydrogens is 574 g/mol. The molecule has 0 fully saturated rings. The van der Waals surface area contributed by atoms with Gasteiger partial charge in [-0.05, 0) is 78.9 Å². The van der Waals surface area contributed by atoms with Gasteiger partial charge in [-0.25, -0.2) is 0 Å². The smallest absolute Gasteiger partial charge is 0.385 e. The van der Waals surface area contributed by atoms with E-state index in [-0.39, 0.29) is 11.9 Å². The molecule has 0 bridgehead atoms. The Morgan fingerprint density at radius 3 is 1.83 bits per heavy atom. The number of anilines is 5. The van der Waals surface area contributed by atoms with Gasteiger partial charge >= 0.3 is 5.51 Å². The molecule has 0 saturated carbocycles. The normalized spacial score (nSPS) is 11.1. The average Bonchev–Trinajstić information content (AvgIpc) is 2.99. The van der Waals surface area contributed by atoms with Crippen LogP contribution in [0.2, 0.25) is 0 Å². The molecular formula is C33H45F3N4S2. The minimum Gasteiger partial charge on any atom is -0.385 e. The van der Waals surface area contributed by atoms with Gasteiger partial charge in [0, 0.05) is 51.8 Å². The third kappa shape index (κ3) is 16.4. The fourth-order valence-electron chi connectivity index (χ4n) is 3.66. The van der Waals surface area contributed by atoms with Gasteiger partial charge in [0.2, 0.25) is 0 Å². The number of nitrogens with one attached hydrogen (secondary N) is 4. The maximum absolute atomic E-state index is 12.3. The molecule has 0 aliphatic heterocycles. The highest BCUT2D eigenvalue weighted by molar-refractivity contribution is 8.13. The lowest BCUT2D eigenvalue weighted by Crippen LogP contribution is -2.14. The quantitative estimate of drug-likeness (QED) is 0.100. The first kappa shape index (κ1) is 37.0. The Kier molecular flexibility index (Phi) is 19.1. The first-order valence-electron chi connectivity index (χ1n) is 14.2. The highest BCUT2D eigenvalue weighted by Gasteiger charge is 2.28. The third-order valence-corrected chi connectivity index (χ3v) is 7.17. The molecule has 0 aliphatic rings. The Morgan fingerprint density at radius 1 is 0.786 bits per heavy atom. The Balaban J connectivity index is 0.00000135. The number of benzene rings is 3. The van der Waals surface area contributed by atoms with Crippen molar-refractivity contribution >= 4 is 52.3 Å². The summed E-state index contributed by atoms with van der Waals surface area (Å²) >= 11 is 0.665. The molecule has 0 radical (unpaired) electrons. The van der Waals surface area contributed by atoms with Crippen LogP contribution in [-0.2, 0) is 0 Å². The number of alkyl halides is 3. The number of unbranched alkanes of at least 4 members (excludes halogenated alkanes) is 1. The topological polar surface area (TPSA) is 48.1 Å². The zero-order valence-corrected chi connectivity index (χ0v) is 26.7. The lowest BCUT2D eigenvalue weighted by atomic mass is 9.99. The predicted octanol–water partition coefficient (Wildman–Crippen LogP) is 12.0. The van der Waals surface area contributed by atoms with Crippen molar-refractivity contribution in [2.24, 2.45) is 5.92 Å². The van der Waals surface area contributed by atoms with Crippen LogP contribution < -0.4 is 20.1 Å². The van der Waals surface area contributed by atoms with Crippen LogP contribution >= 0.6 is 23.9 Å². The van der Waals surface area contributed by atoms with Crippen LogP contribution in [0.5, 0.6) is 0 Å². The Labute approximate surface area is 259 Å². The summed E-state index contributed by atoms with van der Waals surface area (Å²) in [6.07, 6.45) is 8.07. The van der Waals surface area contributed by atoms with Crippen molar-refractivity contribution in [3.05, 3.63) is 98.1 Å². The van der Waals surface area contributed by atoms with Gasteiger partial charge < -0.3 is 16.0 Å². The van der Waals surface area contributed by atoms with Crippen molar-refractivity contribution in [1.29, 1.82) is 0 Å². The van der Waals surface area contributed by atoms with E-state index in [9.17, 15) is 13.2 Å². The van der Waals surface area contributed by atoms with Gasteiger partial charge in [-0.1, -0.05) is 90.5 Å². The second-order valence-electron chi connectivity index (χ2n) is 8.94. The number of hydrogen-bond acceptors (Lipinski definition) is 6. The molecule has 230 valence electrons. The summed E-state index contributed by atoms with van der Waals surface area (Å²) in [4.78, 5) is 0.692. The van der Waals surface area contributed by atoms with Crippen LogP contribution in [0.1, 0.15) is 53.4 Å². The van der Waals surface area contributed by atoms with E-state index in [1.165, 1.54) is 19.3 Å². The molecule has 0 amide bonds. The molecule has 3 aromatic carbocycles. The Morgan fingerprint density at radius 2 is 1.33 bits per heavy atom. The van der Waals surface area contributed by atoms with E-state index in [4.69, 9.17) is 0 Å². The predicted molar refractivity (Wildman–Crippen MR) is 182 cm³/mol. The fraction of sp³-hybridized carbons (Fsp3) is 0.333. The SMILES string of the molecule is C=CC=C.CC.CCCCC(CC)CNc1cc(Nc2ccccc2)cc(Nc2ccc(SNSC(F)(F)F)cc2)c1. The molecule has 9 heteroatoms. The van der Waals surface area contributed by atoms with Crippen LogP contribution in [0.4, 0.5) is 41.6 Å². The van der Waals surface area contributed by atoms with Crippen molar-refractivity contribution in [3.8, 4) is 0 Å². The number of hydrogen-bond donors (Lipinski definition) is 4. The molecule has 4 N–H and O–H groups in total. The molecule has 0 spiro atoms. The first-order valence-corrected chi connectivity index (χ1v) is 15.9. The molecule has 1 atom stereocenters. The standard InChI is InChI=1S/C27H33F3N4S2.C4H6.C2H6/c1-3-5-9-20(4-2)19-31-23-16-24(32-21-10-7-6-8-11-21)18-25(17-23)33-22-12-14-26(15-13-22)35-34-36-27(28,29)30;1-3-4-2;1-2/h6-8,10-18,20,31-34H,3-5,9,19H2,1-2H3;3-4H,1-2H2;1-2H3. The molecule has 0 saturated heterocycles. The molecule has 42 heavy (non-hydrogen) atoms. The second-order valence-corrected chi connectivity index (χ2v) is 11.0. The zero-order valence-electron chi connectivity index (χ0n) is 25.1. The van der Waals surface area contributed by atoms with E-state index in [1.807, 2.05) is 62.4 Å². The highest BCUT2D eigenvalue weighted by Crippen LogP contribution is 2.32. The van der Waals surface area contributed by atoms with E-state index in [0.29, 0.717) is 10.8 Å². The van der Waals surface area contributed by atoms with E-state index in [1.54, 1.807) is 24.3 Å². The van der Waals surface area contributed by atoms with Crippen LogP contribution in [0.25, 0.3) is 0 Å². The minimum absolute atomic E-state index is 0.265. The summed E-state index contributed by atoms with van der Waals surface area (Å²) in [5.41, 5.74) is 0.420. The third-order valence-electron chi connectivity index (χ3n) is 5.76. The Bertz CT molecular complexity index is 1130. The number of para-hydroxylation sites is 1. The van der Waals surface area contributed by atoms with Crippen LogP contribution in [0.15, 0.2) is 103 Å². The molecule has 1 unspecified atom stereocenters. The number of allylic oxidation sites excluding steroid dienone is 2. The summed E-state index contributed by atoms with van der Waals surface area (Å²) in [5, 5.41) is 10.5. The van der Waals surface area contributed by atoms with Crippen molar-refractivity contribution < 1.29 is 13.2 Å². The molecule has 3 rings (SSSR count). The maximum Gasteiger partial charge on any atom is 0.457 e. The molecule has 4 nitrogen and oxygen atoms in total. The van der Waals surface area contributed by atoms with Gasteiger partial charge in [0.15, 0.2) is 0 Å². The Hall–Kier alpha value is -3.01. The molecule has 0 aliphatic carbocycles. The number of halogens is 3. The lowest BCUT2D eigenvalue weighted by molar-refractivity contribution is -0.0331. The van der Waals surface area contributed by atoms with Gasteiger partial charge in [0.25, 0.3) is 0 Å². The summed E-state index contributed by atoms with van der Waals surface area (Å²) in [6, 6.07) is 23.5. The van der Waals surface area contributed by atoms with Gasteiger partial charge in [0.1, 0.15) is 0 Å². The van der Waals surface area contributed by atoms with Gasteiger partial charge in [-0.3, -0.25) is 0 Å². The summed E-state index contributed by atoms with van der Waals surface area (Å²) in [5.74, 6) is 0.626. The van der Waals surface area contributed by atoms with E-state index in [0.717, 1.165) is 53.4 Å². The first-order chi connectivity index (χ1) is 20.3. The zero-order chi connectivity index (χ0) is 31.2. The van der Waals surface area contributed by atoms with E-state index < -0.39 is 5.51 Å². The van der Waals surface area contributed by atoms with Crippen LogP contribution in [0.3, 0.4) is 0 Å². The van der Waals surface area contributed by atoms with Crippen molar-refractivity contribution in [2.75, 3.05) is 22.5 Å². The van der Waals surface area contributed by atoms with Gasteiger partial charge in [-0.15, -0.1) is 0 Å². The van der Waals surface area contributed by atoms with Crippen LogP contribution in [0, 0.1) is 5.92 Å². The summed E-state index contributed by atoms with van der Waals surface area (Å²) < 4.78 is 39.2.